The van der Waals surface area contributed by atoms with Crippen LogP contribution >= 0.6 is 0 Å². The average molecular weight is 295 g/mol. The topological polar surface area (TPSA) is 116 Å². The van der Waals surface area contributed by atoms with E-state index in [9.17, 15) is 19.2 Å². The first-order chi connectivity index (χ1) is 9.95. The smallest absolute Gasteiger partial charge is 0.328 e. The minimum absolute atomic E-state index is 0.0446. The molecule has 8 heteroatoms. The fourth-order valence-electron chi connectivity index (χ4n) is 2.67. The zero-order valence-corrected chi connectivity index (χ0v) is 11.4. The van der Waals surface area contributed by atoms with Crippen molar-refractivity contribution < 1.29 is 24.3 Å². The van der Waals surface area contributed by atoms with Crippen LogP contribution in [0.1, 0.15) is 19.3 Å². The molecule has 2 atom stereocenters. The summed E-state index contributed by atoms with van der Waals surface area (Å²) >= 11 is 0. The molecule has 0 saturated carbocycles. The van der Waals surface area contributed by atoms with Gasteiger partial charge in [-0.2, -0.15) is 0 Å². The van der Waals surface area contributed by atoms with Gasteiger partial charge in [0.15, 0.2) is 0 Å². The minimum Gasteiger partial charge on any atom is -0.478 e. The third-order valence-corrected chi connectivity index (χ3v) is 3.72. The number of imide groups is 1. The fourth-order valence-corrected chi connectivity index (χ4v) is 2.67. The Kier molecular flexibility index (Phi) is 4.56. The number of urea groups is 1. The van der Waals surface area contributed by atoms with E-state index in [0.29, 0.717) is 32.0 Å². The maximum absolute atomic E-state index is 11.9. The molecule has 0 radical (unpaired) electrons. The number of fused-ring (bicyclic) bond motifs is 1. The van der Waals surface area contributed by atoms with Crippen molar-refractivity contribution in [2.75, 3.05) is 13.1 Å². The van der Waals surface area contributed by atoms with Crippen LogP contribution in [0.4, 0.5) is 4.79 Å². The molecule has 0 spiro atoms. The van der Waals surface area contributed by atoms with Crippen LogP contribution in [0.5, 0.6) is 0 Å². The van der Waals surface area contributed by atoms with E-state index in [2.05, 4.69) is 10.6 Å². The van der Waals surface area contributed by atoms with E-state index < -0.39 is 17.9 Å². The Hall–Kier alpha value is -2.38. The monoisotopic (exact) mass is 295 g/mol. The van der Waals surface area contributed by atoms with Gasteiger partial charge in [-0.1, -0.05) is 0 Å². The molecule has 2 heterocycles. The average Bonchev–Trinajstić information content (AvgIpc) is 2.44. The van der Waals surface area contributed by atoms with Gasteiger partial charge in [-0.25, -0.2) is 9.59 Å². The Labute approximate surface area is 121 Å². The highest BCUT2D eigenvalue weighted by molar-refractivity contribution is 6.02. The summed E-state index contributed by atoms with van der Waals surface area (Å²) in [7, 11) is 0. The van der Waals surface area contributed by atoms with Gasteiger partial charge in [0.25, 0.3) is 5.91 Å². The van der Waals surface area contributed by atoms with Crippen LogP contribution in [0.25, 0.3) is 0 Å². The van der Waals surface area contributed by atoms with Crippen molar-refractivity contribution in [1.82, 2.24) is 15.5 Å². The number of aliphatic carboxylic acids is 1. The molecule has 0 aromatic heterocycles. The summed E-state index contributed by atoms with van der Waals surface area (Å²) in [5.41, 5.74) is 0. The first-order valence-electron chi connectivity index (χ1n) is 6.76. The van der Waals surface area contributed by atoms with Gasteiger partial charge in [0.1, 0.15) is 0 Å². The van der Waals surface area contributed by atoms with Gasteiger partial charge >= 0.3 is 12.0 Å². The van der Waals surface area contributed by atoms with Crippen molar-refractivity contribution in [1.29, 1.82) is 0 Å². The number of rotatable bonds is 2. The summed E-state index contributed by atoms with van der Waals surface area (Å²) in [4.78, 5) is 46.4. The molecule has 2 saturated heterocycles. The Balaban J connectivity index is 1.85. The number of hydrogen-bond donors (Lipinski definition) is 3. The van der Waals surface area contributed by atoms with Gasteiger partial charge in [-0.3, -0.25) is 14.9 Å². The maximum Gasteiger partial charge on any atom is 0.328 e. The highest BCUT2D eigenvalue weighted by Gasteiger charge is 2.35. The number of nitrogens with zero attached hydrogens (tertiary/aromatic N) is 1. The van der Waals surface area contributed by atoms with Crippen molar-refractivity contribution in [3.05, 3.63) is 12.2 Å². The molecule has 2 rings (SSSR count). The molecule has 0 bridgehead atoms. The van der Waals surface area contributed by atoms with Gasteiger partial charge < -0.3 is 15.3 Å². The molecule has 21 heavy (non-hydrogen) atoms. The van der Waals surface area contributed by atoms with Crippen molar-refractivity contribution in [3.8, 4) is 0 Å². The molecular formula is C13H17N3O5. The van der Waals surface area contributed by atoms with Crippen LogP contribution in [-0.4, -0.2) is 53.0 Å². The largest absolute Gasteiger partial charge is 0.478 e. The highest BCUT2D eigenvalue weighted by atomic mass is 16.4. The number of carbonyl (C=O) groups is 4. The van der Waals surface area contributed by atoms with Crippen LogP contribution in [0, 0.1) is 5.92 Å². The summed E-state index contributed by atoms with van der Waals surface area (Å²) in [5, 5.41) is 13.4. The molecule has 4 amide bonds. The third-order valence-electron chi connectivity index (χ3n) is 3.72. The summed E-state index contributed by atoms with van der Waals surface area (Å²) in [6.07, 6.45) is 3.31. The van der Waals surface area contributed by atoms with Gasteiger partial charge in [-0.15, -0.1) is 0 Å². The number of hydrogen-bond acceptors (Lipinski definition) is 4. The number of carbonyl (C=O) groups excluding carboxylic acids is 3. The van der Waals surface area contributed by atoms with Crippen LogP contribution < -0.4 is 10.6 Å². The summed E-state index contributed by atoms with van der Waals surface area (Å²) < 4.78 is 0. The molecule has 8 nitrogen and oxygen atoms in total. The molecule has 0 aliphatic carbocycles. The predicted molar refractivity (Wildman–Crippen MR) is 71.2 cm³/mol. The lowest BCUT2D eigenvalue weighted by Gasteiger charge is -2.41. The zero-order chi connectivity index (χ0) is 15.4. The van der Waals surface area contributed by atoms with E-state index in [0.717, 1.165) is 12.5 Å². The van der Waals surface area contributed by atoms with Crippen molar-refractivity contribution >= 4 is 23.8 Å². The molecule has 114 valence electrons. The number of carboxylic acid groups (broad SMARTS) is 1. The van der Waals surface area contributed by atoms with Gasteiger partial charge in [-0.05, 0) is 18.8 Å². The van der Waals surface area contributed by atoms with E-state index in [1.54, 1.807) is 0 Å². The number of amides is 4. The maximum atomic E-state index is 11.9. The zero-order valence-electron chi connectivity index (χ0n) is 11.4. The molecule has 3 N–H and O–H groups in total. The van der Waals surface area contributed by atoms with E-state index >= 15 is 0 Å². The predicted octanol–water partition coefficient (Wildman–Crippen LogP) is -0.536. The third kappa shape index (κ3) is 4.04. The lowest BCUT2D eigenvalue weighted by atomic mass is 9.85. The second-order valence-electron chi connectivity index (χ2n) is 5.17. The van der Waals surface area contributed by atoms with Gasteiger partial charge in [0.05, 0.1) is 0 Å². The Morgan fingerprint density at radius 2 is 2.05 bits per heavy atom. The molecule has 2 aliphatic rings. The first kappa shape index (κ1) is 15.0. The van der Waals surface area contributed by atoms with E-state index in [1.165, 1.54) is 4.90 Å². The second kappa shape index (κ2) is 6.38. The standard InChI is InChI=1S/C13H17N3O5/c17-10-2-1-8-7-16(6-5-9(8)14-10)13(21)15-11(18)3-4-12(19)20/h3-4,8-9H,1-2,5-7H2,(H,14,17)(H,19,20)(H,15,18,21)/b4-3+. The number of carboxylic acids is 1. The minimum atomic E-state index is -1.25. The van der Waals surface area contributed by atoms with E-state index in [4.69, 9.17) is 5.11 Å². The lowest BCUT2D eigenvalue weighted by molar-refractivity contribution is -0.131. The second-order valence-corrected chi connectivity index (χ2v) is 5.17. The molecule has 2 unspecified atom stereocenters. The Bertz CT molecular complexity index is 502. The number of nitrogens with one attached hydrogen (secondary N) is 2. The molecular weight excluding hydrogens is 278 g/mol. The lowest BCUT2D eigenvalue weighted by Crippen LogP contribution is -2.57. The Morgan fingerprint density at radius 3 is 2.76 bits per heavy atom. The summed E-state index contributed by atoms with van der Waals surface area (Å²) in [6.45, 7) is 0.926. The van der Waals surface area contributed by atoms with Gasteiger partial charge in [0, 0.05) is 37.7 Å². The van der Waals surface area contributed by atoms with Crippen LogP contribution in [0.2, 0.25) is 0 Å². The van der Waals surface area contributed by atoms with E-state index in [1.807, 2.05) is 0 Å². The van der Waals surface area contributed by atoms with Crippen LogP contribution in [0.3, 0.4) is 0 Å². The molecule has 2 aliphatic heterocycles. The normalized spacial score (nSPS) is 25.1. The Morgan fingerprint density at radius 1 is 1.29 bits per heavy atom. The van der Waals surface area contributed by atoms with Gasteiger partial charge in [0.2, 0.25) is 5.91 Å². The first-order valence-corrected chi connectivity index (χ1v) is 6.76. The molecule has 0 aromatic carbocycles. The summed E-state index contributed by atoms with van der Waals surface area (Å²) in [6, 6.07) is -0.441. The highest BCUT2D eigenvalue weighted by Crippen LogP contribution is 2.25. The molecule has 2 fully saturated rings. The SMILES string of the molecule is O=C(O)/C=C/C(=O)NC(=O)N1CCC2NC(=O)CCC2C1. The fraction of sp³-hybridized carbons (Fsp3) is 0.538. The van der Waals surface area contributed by atoms with Crippen LogP contribution in [-0.2, 0) is 14.4 Å². The number of piperidine rings is 2. The van der Waals surface area contributed by atoms with Crippen molar-refractivity contribution in [2.45, 2.75) is 25.3 Å². The van der Waals surface area contributed by atoms with Crippen molar-refractivity contribution in [3.63, 3.8) is 0 Å². The number of likely N-dealkylation sites (tertiary alicyclic amines) is 1. The van der Waals surface area contributed by atoms with Crippen LogP contribution in [0.15, 0.2) is 12.2 Å². The van der Waals surface area contributed by atoms with E-state index in [-0.39, 0.29) is 17.9 Å². The summed E-state index contributed by atoms with van der Waals surface area (Å²) in [5.74, 6) is -1.77. The molecule has 0 aromatic rings. The van der Waals surface area contributed by atoms with Crippen molar-refractivity contribution in [2.24, 2.45) is 5.92 Å². The quantitative estimate of drug-likeness (QED) is 0.592.